The maximum atomic E-state index is 16.7. The lowest BCUT2D eigenvalue weighted by molar-refractivity contribution is 0.108. The Bertz CT molecular complexity index is 1710. The van der Waals surface area contributed by atoms with Gasteiger partial charge >= 0.3 is 6.01 Å². The van der Waals surface area contributed by atoms with E-state index in [1.807, 2.05) is 6.92 Å². The summed E-state index contributed by atoms with van der Waals surface area (Å²) in [5, 5.41) is 21.9. The number of pyridine rings is 1. The van der Waals surface area contributed by atoms with Crippen LogP contribution in [0.25, 0.3) is 32.9 Å². The number of aromatic nitrogens is 3. The number of benzene rings is 2. The van der Waals surface area contributed by atoms with E-state index >= 15 is 4.39 Å². The number of hydrogen-bond donors (Lipinski definition) is 2. The number of phenols is 1. The zero-order valence-electron chi connectivity index (χ0n) is 23.7. The lowest BCUT2D eigenvalue weighted by atomic mass is 9.94. The fourth-order valence-corrected chi connectivity index (χ4v) is 7.03. The number of fused-ring (bicyclic) bond motifs is 2. The second-order valence-electron chi connectivity index (χ2n) is 11.6. The molecule has 0 amide bonds. The molecule has 4 aromatic rings. The average Bonchev–Trinajstić information content (AvgIpc) is 3.54. The van der Waals surface area contributed by atoms with E-state index in [0.29, 0.717) is 35.2 Å². The third-order valence-corrected chi connectivity index (χ3v) is 9.26. The third kappa shape index (κ3) is 4.12. The second-order valence-corrected chi connectivity index (χ2v) is 11.6. The Kier molecular flexibility index (Phi) is 6.54. The lowest BCUT2D eigenvalue weighted by Gasteiger charge is -2.31. The molecule has 11 heteroatoms. The van der Waals surface area contributed by atoms with Gasteiger partial charge in [0, 0.05) is 12.6 Å². The first-order valence-electron chi connectivity index (χ1n) is 14.5. The lowest BCUT2D eigenvalue weighted by Crippen LogP contribution is -2.43. The van der Waals surface area contributed by atoms with Crippen molar-refractivity contribution in [1.29, 1.82) is 0 Å². The third-order valence-electron chi connectivity index (χ3n) is 9.26. The molecule has 0 saturated carbocycles. The minimum absolute atomic E-state index is 0.0270. The summed E-state index contributed by atoms with van der Waals surface area (Å²) < 4.78 is 43.9. The number of aliphatic hydroxyl groups is 1. The van der Waals surface area contributed by atoms with Gasteiger partial charge in [-0.25, -0.2) is 13.8 Å². The standard InChI is InChI=1S/C31H33F2N5O4/c1-3-20-22(32)7-6-17-12-19(40)13-21(23(17)20)26-25(33)27-24-28(37(2)18(14-39)15-41-29(24)34-26)36-30(35-27)42-16-31-8-4-10-38(31)11-5-9-31/h6-7,12-13,18,39-40H,3-5,8-11,14-16H2,1-2H3. The summed E-state index contributed by atoms with van der Waals surface area (Å²) in [6.07, 6.45) is 4.63. The molecule has 2 aromatic carbocycles. The summed E-state index contributed by atoms with van der Waals surface area (Å²) in [5.41, 5.74) is 0.365. The van der Waals surface area contributed by atoms with E-state index in [1.165, 1.54) is 18.2 Å². The van der Waals surface area contributed by atoms with E-state index in [1.54, 1.807) is 18.0 Å². The summed E-state index contributed by atoms with van der Waals surface area (Å²) in [7, 11) is 1.75. The number of halogens is 2. The predicted octanol–water partition coefficient (Wildman–Crippen LogP) is 4.59. The topological polar surface area (TPSA) is 104 Å². The van der Waals surface area contributed by atoms with Gasteiger partial charge in [0.1, 0.15) is 47.2 Å². The molecule has 0 radical (unpaired) electrons. The first kappa shape index (κ1) is 27.0. The van der Waals surface area contributed by atoms with Gasteiger partial charge in [0.05, 0.1) is 18.2 Å². The number of likely N-dealkylation sites (N-methyl/N-ethyl adjacent to an activating group) is 1. The van der Waals surface area contributed by atoms with Crippen LogP contribution in [0.2, 0.25) is 0 Å². The van der Waals surface area contributed by atoms with E-state index in [0.717, 1.165) is 38.8 Å². The zero-order valence-corrected chi connectivity index (χ0v) is 23.7. The summed E-state index contributed by atoms with van der Waals surface area (Å²) in [6.45, 7) is 4.13. The van der Waals surface area contributed by atoms with Gasteiger partial charge in [0.25, 0.3) is 0 Å². The van der Waals surface area contributed by atoms with Gasteiger partial charge < -0.3 is 24.6 Å². The van der Waals surface area contributed by atoms with Crippen molar-refractivity contribution in [2.75, 3.05) is 44.9 Å². The summed E-state index contributed by atoms with van der Waals surface area (Å²) in [6, 6.07) is 5.35. The fourth-order valence-electron chi connectivity index (χ4n) is 7.03. The van der Waals surface area contributed by atoms with Gasteiger partial charge in [0.15, 0.2) is 5.82 Å². The first-order valence-corrected chi connectivity index (χ1v) is 14.5. The molecule has 3 aliphatic rings. The Morgan fingerprint density at radius 1 is 1.10 bits per heavy atom. The molecule has 2 fully saturated rings. The van der Waals surface area contributed by atoms with Crippen LogP contribution >= 0.6 is 0 Å². The normalized spacial score (nSPS) is 19.7. The average molecular weight is 578 g/mol. The number of aryl methyl sites for hydroxylation is 1. The van der Waals surface area contributed by atoms with Crippen LogP contribution in [-0.4, -0.2) is 81.6 Å². The molecule has 42 heavy (non-hydrogen) atoms. The van der Waals surface area contributed by atoms with E-state index in [2.05, 4.69) is 19.9 Å². The second kappa shape index (κ2) is 10.2. The molecule has 9 nitrogen and oxygen atoms in total. The van der Waals surface area contributed by atoms with Crippen LogP contribution in [0.4, 0.5) is 14.6 Å². The Balaban J connectivity index is 1.44. The first-order chi connectivity index (χ1) is 20.3. The van der Waals surface area contributed by atoms with Crippen LogP contribution in [-0.2, 0) is 6.42 Å². The van der Waals surface area contributed by atoms with E-state index < -0.39 is 17.7 Å². The number of nitrogens with zero attached hydrogens (tertiary/aromatic N) is 5. The molecule has 2 saturated heterocycles. The Morgan fingerprint density at radius 3 is 2.62 bits per heavy atom. The van der Waals surface area contributed by atoms with Crippen LogP contribution < -0.4 is 14.4 Å². The molecule has 0 spiro atoms. The van der Waals surface area contributed by atoms with Gasteiger partial charge in [-0.2, -0.15) is 9.97 Å². The maximum Gasteiger partial charge on any atom is 0.319 e. The highest BCUT2D eigenvalue weighted by atomic mass is 19.1. The number of phenolic OH excluding ortho intramolecular Hbond substituents is 1. The number of hydrogen-bond acceptors (Lipinski definition) is 9. The SMILES string of the molecule is CCc1c(F)ccc2cc(O)cc(-c3nc4c5c(nc(OCC67CCCN6CCC7)nc5c3F)N(C)C(CO)CO4)c12. The van der Waals surface area contributed by atoms with Gasteiger partial charge in [-0.3, -0.25) is 4.90 Å². The molecule has 0 aliphatic carbocycles. The zero-order chi connectivity index (χ0) is 29.2. The van der Waals surface area contributed by atoms with Crippen LogP contribution in [0.15, 0.2) is 24.3 Å². The number of rotatable bonds is 6. The Labute approximate surface area is 241 Å². The highest BCUT2D eigenvalue weighted by molar-refractivity contribution is 6.03. The molecular weight excluding hydrogens is 544 g/mol. The minimum atomic E-state index is -0.763. The van der Waals surface area contributed by atoms with Gasteiger partial charge in [-0.05, 0) is 79.7 Å². The molecule has 1 atom stereocenters. The molecular formula is C31H33F2N5O4. The molecule has 3 aliphatic heterocycles. The van der Waals surface area contributed by atoms with Crippen molar-refractivity contribution < 1.29 is 28.5 Å². The van der Waals surface area contributed by atoms with Gasteiger partial charge in [0.2, 0.25) is 5.88 Å². The van der Waals surface area contributed by atoms with Crippen molar-refractivity contribution in [2.45, 2.75) is 50.6 Å². The molecule has 0 bridgehead atoms. The van der Waals surface area contributed by atoms with Crippen LogP contribution in [0.3, 0.4) is 0 Å². The summed E-state index contributed by atoms with van der Waals surface area (Å²) in [4.78, 5) is 18.0. The summed E-state index contributed by atoms with van der Waals surface area (Å²) in [5.74, 6) is -0.863. The minimum Gasteiger partial charge on any atom is -0.508 e. The highest BCUT2D eigenvalue weighted by Crippen LogP contribution is 2.44. The molecule has 2 N–H and O–H groups in total. The molecule has 2 aromatic heterocycles. The smallest absolute Gasteiger partial charge is 0.319 e. The molecule has 7 rings (SSSR count). The van der Waals surface area contributed by atoms with Crippen LogP contribution in [0.1, 0.15) is 38.2 Å². The van der Waals surface area contributed by atoms with Crippen molar-refractivity contribution in [3.05, 3.63) is 41.5 Å². The van der Waals surface area contributed by atoms with Crippen molar-refractivity contribution in [2.24, 2.45) is 0 Å². The van der Waals surface area contributed by atoms with E-state index in [-0.39, 0.29) is 58.6 Å². The maximum absolute atomic E-state index is 16.7. The number of aliphatic hydroxyl groups excluding tert-OH is 1. The summed E-state index contributed by atoms with van der Waals surface area (Å²) >= 11 is 0. The molecule has 220 valence electrons. The van der Waals surface area contributed by atoms with Crippen molar-refractivity contribution in [3.8, 4) is 28.9 Å². The largest absolute Gasteiger partial charge is 0.508 e. The quantitative estimate of drug-likeness (QED) is 0.341. The Hall–Kier alpha value is -3.83. The molecule has 1 unspecified atom stereocenters. The van der Waals surface area contributed by atoms with Crippen LogP contribution in [0, 0.1) is 11.6 Å². The number of aromatic hydroxyl groups is 1. The predicted molar refractivity (Wildman–Crippen MR) is 154 cm³/mol. The Morgan fingerprint density at radius 2 is 1.88 bits per heavy atom. The van der Waals surface area contributed by atoms with Gasteiger partial charge in [-0.15, -0.1) is 0 Å². The van der Waals surface area contributed by atoms with Crippen LogP contribution in [0.5, 0.6) is 17.6 Å². The van der Waals surface area contributed by atoms with Crippen molar-refractivity contribution in [3.63, 3.8) is 0 Å². The van der Waals surface area contributed by atoms with E-state index in [9.17, 15) is 14.6 Å². The fraction of sp³-hybridized carbons (Fsp3) is 0.452. The van der Waals surface area contributed by atoms with Crippen molar-refractivity contribution >= 4 is 27.5 Å². The highest BCUT2D eigenvalue weighted by Gasteiger charge is 2.45. The molecule has 5 heterocycles. The number of anilines is 1. The van der Waals surface area contributed by atoms with E-state index in [4.69, 9.17) is 9.47 Å². The van der Waals surface area contributed by atoms with Crippen molar-refractivity contribution in [1.82, 2.24) is 19.9 Å². The number of ether oxygens (including phenoxy) is 2. The van der Waals surface area contributed by atoms with Gasteiger partial charge in [-0.1, -0.05) is 13.0 Å². The monoisotopic (exact) mass is 577 g/mol.